The summed E-state index contributed by atoms with van der Waals surface area (Å²) < 4.78 is 33.8. The minimum absolute atomic E-state index is 0.0245. The Morgan fingerprint density at radius 1 is 0.714 bits per heavy atom. The zero-order valence-electron chi connectivity index (χ0n) is 52.2. The van der Waals surface area contributed by atoms with Gasteiger partial charge < -0.3 is 45.8 Å². The summed E-state index contributed by atoms with van der Waals surface area (Å²) in [5.41, 5.74) is 6.20. The van der Waals surface area contributed by atoms with Crippen molar-refractivity contribution in [3.8, 4) is 11.8 Å². The van der Waals surface area contributed by atoms with E-state index in [-0.39, 0.29) is 102 Å². The number of unbranched alkanes of at least 4 members (excludes halogenated alkanes) is 4. The Morgan fingerprint density at radius 3 is 1.97 bits per heavy atom. The molecule has 0 unspecified atom stereocenters. The quantitative estimate of drug-likeness (QED) is 0.0196. The van der Waals surface area contributed by atoms with Gasteiger partial charge in [-0.3, -0.25) is 73.3 Å². The summed E-state index contributed by atoms with van der Waals surface area (Å²) in [7, 11) is 0. The van der Waals surface area contributed by atoms with Crippen LogP contribution >= 0.6 is 0 Å². The van der Waals surface area contributed by atoms with Gasteiger partial charge in [-0.15, -0.1) is 0 Å². The number of carboxylic acids is 3. The van der Waals surface area contributed by atoms with Crippen LogP contribution < -0.4 is 26.1 Å². The van der Waals surface area contributed by atoms with Gasteiger partial charge in [-0.2, -0.15) is 10.4 Å². The highest BCUT2D eigenvalue weighted by Crippen LogP contribution is 2.32. The molecule has 3 saturated heterocycles. The Kier molecular flexibility index (Phi) is 30.1. The lowest BCUT2D eigenvalue weighted by molar-refractivity contribution is -0.140. The van der Waals surface area contributed by atoms with Gasteiger partial charge in [0.2, 0.25) is 23.6 Å². The van der Waals surface area contributed by atoms with Gasteiger partial charge in [0.1, 0.15) is 18.0 Å². The monoisotopic (exact) mass is 1270 g/mol. The van der Waals surface area contributed by atoms with E-state index in [4.69, 9.17) is 4.74 Å². The van der Waals surface area contributed by atoms with E-state index in [1.807, 2.05) is 16.7 Å². The highest BCUT2D eigenvalue weighted by atomic mass is 19.3. The number of ether oxygens (including phenoxy) is 1. The van der Waals surface area contributed by atoms with Crippen molar-refractivity contribution < 1.29 is 67.2 Å². The Bertz CT molecular complexity index is 2920. The number of carboxylic acid groups (broad SMARTS) is 3. The minimum Gasteiger partial charge on any atom is -0.494 e. The average molecular weight is 1270 g/mol. The fourth-order valence-electron chi connectivity index (χ4n) is 11.1. The number of pyridine rings is 1. The molecular weight excluding hydrogens is 1180 g/mol. The number of alkyl halides is 2. The number of fused-ring (bicyclic) bond motifs is 1. The second-order valence-electron chi connectivity index (χ2n) is 23.5. The van der Waals surface area contributed by atoms with Crippen LogP contribution in [0, 0.1) is 18.3 Å². The molecule has 0 saturated carbocycles. The van der Waals surface area contributed by atoms with Crippen molar-refractivity contribution in [2.24, 2.45) is 5.10 Å². The lowest BCUT2D eigenvalue weighted by Crippen LogP contribution is -2.51. The second-order valence-corrected chi connectivity index (χ2v) is 23.5. The van der Waals surface area contributed by atoms with E-state index in [0.717, 1.165) is 50.2 Å². The summed E-state index contributed by atoms with van der Waals surface area (Å²) in [4.78, 5) is 117. The lowest BCUT2D eigenvalue weighted by Gasteiger charge is -2.34. The molecule has 0 spiro atoms. The van der Waals surface area contributed by atoms with Crippen LogP contribution in [0.1, 0.15) is 98.5 Å². The molecule has 0 radical (unpaired) electrons. The SMILES string of the molecule is Cc1ccc(CCCC(=O)NCCCC[C@@H](N/N=C/CCCCCC(=O)N2CCN(CCCOc3ccc4nccc(C(=O)NCC(=O)N5CC(F)(F)C[C@@H]5C#N)c4c3)CC2)NC(=O)CN2CCN(CC(=O)O)CCN(CC(=O)O)CCN(CC(=O)O)CC2)cc1. The van der Waals surface area contributed by atoms with Crippen molar-refractivity contribution >= 4 is 64.6 Å². The third kappa shape index (κ3) is 26.8. The number of likely N-dealkylation sites (tertiary alicyclic amines) is 1. The fraction of sp³-hybridized carbons (Fsp3) is 0.603. The van der Waals surface area contributed by atoms with Gasteiger partial charge in [0, 0.05) is 129 Å². The first-order chi connectivity index (χ1) is 43.7. The van der Waals surface area contributed by atoms with Gasteiger partial charge >= 0.3 is 17.9 Å². The molecule has 2 atom stereocenters. The molecule has 91 heavy (non-hydrogen) atoms. The molecule has 3 aliphatic heterocycles. The Balaban J connectivity index is 0.906. The largest absolute Gasteiger partial charge is 0.494 e. The van der Waals surface area contributed by atoms with Gasteiger partial charge in [-0.05, 0) is 94.5 Å². The van der Waals surface area contributed by atoms with E-state index in [1.165, 1.54) is 23.4 Å². The van der Waals surface area contributed by atoms with Gasteiger partial charge in [-0.25, -0.2) is 8.78 Å². The minimum atomic E-state index is -3.17. The standard InChI is InChI=1S/C63H90F2N14O12/c1-47-14-16-48(17-15-47)10-8-12-55(80)68-21-7-5-11-54(71-56(81)42-74-25-27-75(43-59(84)85)29-31-77(45-61(88)89)32-30-76(28-26-74)44-60(86)87)72-70-22-6-3-2-4-13-57(82)78-35-33-73(34-36-78)24-9-37-91-50-18-19-53-52(38-50)51(20-23-67-53)62(90)69-41-58(83)79-46-63(64,65)39-49(79)40-66/h14-20,22-23,38,49,54,72H,2-13,21,24-37,39,41-46H2,1H3,(H,68,80)(H,69,90)(H,71,81)(H,84,85)(H,86,87)(H,88,89)/b70-22+/t49-,54-/m1/s1. The molecule has 0 aliphatic carbocycles. The topological polar surface area (TPSA) is 326 Å². The first kappa shape index (κ1) is 72.1. The number of aromatic nitrogens is 1. The molecular formula is C63H90F2N14O12. The number of carbonyl (C=O) groups excluding carboxylic acids is 5. The maximum atomic E-state index is 13.9. The Labute approximate surface area is 530 Å². The molecule has 28 heteroatoms. The number of hydrogen-bond acceptors (Lipinski definition) is 18. The van der Waals surface area contributed by atoms with Crippen molar-refractivity contribution in [1.29, 1.82) is 5.26 Å². The zero-order chi connectivity index (χ0) is 65.5. The van der Waals surface area contributed by atoms with Gasteiger partial charge in [0.15, 0.2) is 0 Å². The number of carbonyl (C=O) groups is 8. The smallest absolute Gasteiger partial charge is 0.317 e. The molecule has 26 nitrogen and oxygen atoms in total. The van der Waals surface area contributed by atoms with Crippen LogP contribution in [0.2, 0.25) is 0 Å². The summed E-state index contributed by atoms with van der Waals surface area (Å²) in [6.07, 6.45) is 9.66. The van der Waals surface area contributed by atoms with Crippen LogP contribution in [0.5, 0.6) is 5.75 Å². The van der Waals surface area contributed by atoms with E-state index < -0.39 is 67.4 Å². The molecule has 3 fully saturated rings. The number of nitrogens with zero attached hydrogens (tertiary/aromatic N) is 10. The van der Waals surface area contributed by atoms with Gasteiger partial charge in [0.05, 0.1) is 63.0 Å². The molecule has 4 heterocycles. The van der Waals surface area contributed by atoms with Crippen LogP contribution in [0.15, 0.2) is 59.8 Å². The maximum Gasteiger partial charge on any atom is 0.317 e. The van der Waals surface area contributed by atoms with Crippen molar-refractivity contribution in [3.63, 3.8) is 0 Å². The first-order valence-electron chi connectivity index (χ1n) is 31.5. The number of aliphatic carboxylic acids is 3. The number of piperazine rings is 1. The molecule has 1 aromatic heterocycles. The third-order valence-corrected chi connectivity index (χ3v) is 16.2. The molecule has 3 aromatic rings. The van der Waals surface area contributed by atoms with Crippen LogP contribution in [0.4, 0.5) is 8.78 Å². The van der Waals surface area contributed by atoms with Crippen LogP contribution in [0.3, 0.4) is 0 Å². The number of nitrogens with one attached hydrogen (secondary N) is 4. The summed E-state index contributed by atoms with van der Waals surface area (Å²) in [5.74, 6) is -7.43. The molecule has 2 aromatic carbocycles. The number of hydrazone groups is 1. The first-order valence-corrected chi connectivity index (χ1v) is 31.5. The van der Waals surface area contributed by atoms with Crippen LogP contribution in [-0.2, 0) is 40.0 Å². The van der Waals surface area contributed by atoms with Crippen molar-refractivity contribution in [2.75, 3.05) is 138 Å². The summed E-state index contributed by atoms with van der Waals surface area (Å²) in [6, 6.07) is 15.4. The number of nitriles is 1. The van der Waals surface area contributed by atoms with Gasteiger partial charge in [0.25, 0.3) is 11.8 Å². The third-order valence-electron chi connectivity index (χ3n) is 16.2. The van der Waals surface area contributed by atoms with Crippen LogP contribution in [0.25, 0.3) is 10.9 Å². The zero-order valence-corrected chi connectivity index (χ0v) is 52.2. The molecule has 3 aliphatic rings. The number of benzene rings is 2. The highest BCUT2D eigenvalue weighted by molar-refractivity contribution is 6.07. The number of hydrogen-bond donors (Lipinski definition) is 7. The molecule has 5 amide bonds. The highest BCUT2D eigenvalue weighted by Gasteiger charge is 2.47. The van der Waals surface area contributed by atoms with E-state index in [0.29, 0.717) is 94.3 Å². The lowest BCUT2D eigenvalue weighted by atomic mass is 10.1. The maximum absolute atomic E-state index is 13.9. The van der Waals surface area contributed by atoms with E-state index in [1.54, 1.807) is 45.2 Å². The molecule has 0 bridgehead atoms. The van der Waals surface area contributed by atoms with E-state index in [9.17, 15) is 67.7 Å². The molecule has 6 rings (SSSR count). The van der Waals surface area contributed by atoms with Crippen molar-refractivity contribution in [2.45, 2.75) is 109 Å². The number of rotatable bonds is 34. The van der Waals surface area contributed by atoms with Crippen LogP contribution in [-0.4, -0.2) is 264 Å². The Morgan fingerprint density at radius 2 is 1.34 bits per heavy atom. The predicted molar refractivity (Wildman–Crippen MR) is 334 cm³/mol. The number of amides is 5. The average Bonchev–Trinajstić information content (AvgIpc) is 2.20. The fourth-order valence-corrected chi connectivity index (χ4v) is 11.1. The summed E-state index contributed by atoms with van der Waals surface area (Å²) in [5, 5.41) is 51.6. The summed E-state index contributed by atoms with van der Waals surface area (Å²) in [6.45, 7) is 6.06. The normalized spacial score (nSPS) is 17.8. The predicted octanol–water partition coefficient (Wildman–Crippen LogP) is 2.70. The summed E-state index contributed by atoms with van der Waals surface area (Å²) >= 11 is 0. The number of aryl methyl sites for hydroxylation is 2. The van der Waals surface area contributed by atoms with Crippen molar-refractivity contribution in [3.05, 3.63) is 71.4 Å². The molecule has 7 N–H and O–H groups in total. The Hall–Kier alpha value is -7.97. The molecule has 498 valence electrons. The van der Waals surface area contributed by atoms with E-state index >= 15 is 0 Å². The second kappa shape index (κ2) is 38.0. The number of halogens is 2. The van der Waals surface area contributed by atoms with Crippen molar-refractivity contribution in [1.82, 2.24) is 60.7 Å². The van der Waals surface area contributed by atoms with Gasteiger partial charge in [-0.1, -0.05) is 36.2 Å². The van der Waals surface area contributed by atoms with E-state index in [2.05, 4.69) is 60.6 Å².